The van der Waals surface area contributed by atoms with E-state index in [1.54, 1.807) is 19.2 Å². The summed E-state index contributed by atoms with van der Waals surface area (Å²) in [5.41, 5.74) is 2.41. The van der Waals surface area contributed by atoms with E-state index in [0.717, 1.165) is 17.0 Å². The highest BCUT2D eigenvalue weighted by atomic mass is 16.5. The van der Waals surface area contributed by atoms with Crippen LogP contribution in [0.25, 0.3) is 0 Å². The van der Waals surface area contributed by atoms with Crippen molar-refractivity contribution in [2.24, 2.45) is 0 Å². The molecule has 5 heteroatoms. The van der Waals surface area contributed by atoms with Crippen molar-refractivity contribution in [3.8, 4) is 5.75 Å². The summed E-state index contributed by atoms with van der Waals surface area (Å²) in [6, 6.07) is 11.2. The lowest BCUT2D eigenvalue weighted by Crippen LogP contribution is -2.29. The molecule has 2 N–H and O–H groups in total. The van der Waals surface area contributed by atoms with Crippen molar-refractivity contribution in [1.29, 1.82) is 0 Å². The molecule has 1 unspecified atom stereocenters. The predicted molar refractivity (Wildman–Crippen MR) is 80.7 cm³/mol. The Morgan fingerprint density at radius 3 is 2.95 bits per heavy atom. The van der Waals surface area contributed by atoms with Gasteiger partial charge >= 0.3 is 0 Å². The Balaban J connectivity index is 1.80. The molecule has 1 atom stereocenters. The largest absolute Gasteiger partial charge is 0.491 e. The fourth-order valence-electron chi connectivity index (χ4n) is 2.45. The Morgan fingerprint density at radius 1 is 1.33 bits per heavy atom. The van der Waals surface area contributed by atoms with E-state index in [4.69, 9.17) is 4.74 Å². The molecule has 0 spiro atoms. The van der Waals surface area contributed by atoms with E-state index in [1.807, 2.05) is 31.2 Å². The van der Waals surface area contributed by atoms with Gasteiger partial charge in [0.05, 0.1) is 6.04 Å². The zero-order valence-corrected chi connectivity index (χ0v) is 12.0. The molecule has 3 rings (SSSR count). The van der Waals surface area contributed by atoms with Gasteiger partial charge in [-0.05, 0) is 25.1 Å². The number of fused-ring (bicyclic) bond motifs is 1. The Morgan fingerprint density at radius 2 is 2.14 bits per heavy atom. The molecular formula is C16H17N3O2. The summed E-state index contributed by atoms with van der Waals surface area (Å²) in [7, 11) is 1.78. The van der Waals surface area contributed by atoms with E-state index in [9.17, 15) is 4.79 Å². The molecule has 0 radical (unpaired) electrons. The molecule has 0 fully saturated rings. The summed E-state index contributed by atoms with van der Waals surface area (Å²) in [6.07, 6.45) is 0. The molecule has 2 aromatic rings. The number of carbonyl (C=O) groups is 1. The van der Waals surface area contributed by atoms with Crippen molar-refractivity contribution in [3.63, 3.8) is 0 Å². The van der Waals surface area contributed by atoms with Gasteiger partial charge in [0.15, 0.2) is 0 Å². The van der Waals surface area contributed by atoms with Gasteiger partial charge < -0.3 is 15.4 Å². The molecule has 1 aromatic heterocycles. The Kier molecular flexibility index (Phi) is 3.48. The number of para-hydroxylation sites is 1. The Labute approximate surface area is 123 Å². The first-order chi connectivity index (χ1) is 10.2. The number of rotatable bonds is 3. The highest BCUT2D eigenvalue weighted by Gasteiger charge is 2.25. The van der Waals surface area contributed by atoms with E-state index < -0.39 is 0 Å². The van der Waals surface area contributed by atoms with Crippen LogP contribution in [0.15, 0.2) is 36.4 Å². The number of nitrogens with zero attached hydrogens (tertiary/aromatic N) is 1. The number of pyridine rings is 1. The van der Waals surface area contributed by atoms with Gasteiger partial charge in [-0.1, -0.05) is 18.2 Å². The van der Waals surface area contributed by atoms with Crippen molar-refractivity contribution in [2.45, 2.75) is 13.0 Å². The van der Waals surface area contributed by atoms with Crippen LogP contribution in [-0.4, -0.2) is 24.5 Å². The molecule has 0 saturated carbocycles. The first kappa shape index (κ1) is 13.4. The third-order valence-corrected chi connectivity index (χ3v) is 3.48. The summed E-state index contributed by atoms with van der Waals surface area (Å²) in [4.78, 5) is 16.7. The van der Waals surface area contributed by atoms with E-state index in [0.29, 0.717) is 18.0 Å². The fraction of sp³-hybridized carbons (Fsp3) is 0.250. The maximum atomic E-state index is 12.4. The Hall–Kier alpha value is -2.56. The third kappa shape index (κ3) is 2.67. The maximum absolute atomic E-state index is 12.4. The summed E-state index contributed by atoms with van der Waals surface area (Å²) in [6.45, 7) is 2.33. The van der Waals surface area contributed by atoms with Crippen LogP contribution < -0.4 is 15.4 Å². The molecule has 1 aliphatic heterocycles. The summed E-state index contributed by atoms with van der Waals surface area (Å²) < 4.78 is 5.58. The number of aryl methyl sites for hydroxylation is 1. The number of benzene rings is 1. The third-order valence-electron chi connectivity index (χ3n) is 3.48. The molecule has 0 aliphatic carbocycles. The number of aromatic nitrogens is 1. The van der Waals surface area contributed by atoms with Crippen LogP contribution in [0.3, 0.4) is 0 Å². The molecule has 1 aromatic carbocycles. The average Bonchev–Trinajstić information content (AvgIpc) is 2.90. The van der Waals surface area contributed by atoms with E-state index in [2.05, 4.69) is 15.6 Å². The standard InChI is InChI=1S/C16H17N3O2/c1-10-7-11(8-15(17-2)18-10)16(20)19-13-9-21-14-6-4-3-5-12(13)14/h3-8,13H,9H2,1-2H3,(H,17,18)(H,19,20). The summed E-state index contributed by atoms with van der Waals surface area (Å²) in [5, 5.41) is 5.97. The Bertz CT molecular complexity index is 685. The predicted octanol–water partition coefficient (Wildman–Crippen LogP) is 2.30. The lowest BCUT2D eigenvalue weighted by molar-refractivity contribution is 0.0930. The van der Waals surface area contributed by atoms with Gasteiger partial charge in [0.2, 0.25) is 0 Å². The van der Waals surface area contributed by atoms with Gasteiger partial charge in [0.1, 0.15) is 18.2 Å². The summed E-state index contributed by atoms with van der Waals surface area (Å²) >= 11 is 0. The first-order valence-electron chi connectivity index (χ1n) is 6.86. The average molecular weight is 283 g/mol. The highest BCUT2D eigenvalue weighted by molar-refractivity contribution is 5.95. The van der Waals surface area contributed by atoms with Crippen LogP contribution in [-0.2, 0) is 0 Å². The van der Waals surface area contributed by atoms with Gasteiger partial charge in [-0.3, -0.25) is 4.79 Å². The number of hydrogen-bond donors (Lipinski definition) is 2. The van der Waals surface area contributed by atoms with Crippen molar-refractivity contribution in [1.82, 2.24) is 10.3 Å². The molecule has 0 saturated heterocycles. The van der Waals surface area contributed by atoms with Crippen LogP contribution in [0.1, 0.15) is 27.7 Å². The number of carbonyl (C=O) groups excluding carboxylic acids is 1. The monoisotopic (exact) mass is 283 g/mol. The minimum atomic E-state index is -0.123. The number of hydrogen-bond acceptors (Lipinski definition) is 4. The zero-order valence-electron chi connectivity index (χ0n) is 12.0. The molecular weight excluding hydrogens is 266 g/mol. The van der Waals surface area contributed by atoms with E-state index in [1.165, 1.54) is 0 Å². The minimum absolute atomic E-state index is 0.111. The zero-order chi connectivity index (χ0) is 14.8. The molecule has 21 heavy (non-hydrogen) atoms. The van der Waals surface area contributed by atoms with Gasteiger partial charge in [-0.2, -0.15) is 0 Å². The second kappa shape index (κ2) is 5.44. The smallest absolute Gasteiger partial charge is 0.252 e. The fourth-order valence-corrected chi connectivity index (χ4v) is 2.45. The van der Waals surface area contributed by atoms with Gasteiger partial charge in [0, 0.05) is 23.9 Å². The van der Waals surface area contributed by atoms with E-state index in [-0.39, 0.29) is 11.9 Å². The van der Waals surface area contributed by atoms with Gasteiger partial charge in [-0.15, -0.1) is 0 Å². The number of nitrogens with one attached hydrogen (secondary N) is 2. The quantitative estimate of drug-likeness (QED) is 0.907. The van der Waals surface area contributed by atoms with Gasteiger partial charge in [0.25, 0.3) is 5.91 Å². The SMILES string of the molecule is CNc1cc(C(=O)NC2COc3ccccc32)cc(C)n1. The van der Waals surface area contributed by atoms with Crippen LogP contribution in [0.5, 0.6) is 5.75 Å². The van der Waals surface area contributed by atoms with Crippen LogP contribution in [0, 0.1) is 6.92 Å². The second-order valence-corrected chi connectivity index (χ2v) is 5.01. The summed E-state index contributed by atoms with van der Waals surface area (Å²) in [5.74, 6) is 1.40. The topological polar surface area (TPSA) is 63.2 Å². The second-order valence-electron chi connectivity index (χ2n) is 5.01. The van der Waals surface area contributed by atoms with E-state index >= 15 is 0 Å². The van der Waals surface area contributed by atoms with Crippen LogP contribution in [0.4, 0.5) is 5.82 Å². The normalized spacial score (nSPS) is 16.0. The van der Waals surface area contributed by atoms with Crippen molar-refractivity contribution in [3.05, 3.63) is 53.2 Å². The minimum Gasteiger partial charge on any atom is -0.491 e. The van der Waals surface area contributed by atoms with Crippen LogP contribution in [0.2, 0.25) is 0 Å². The van der Waals surface area contributed by atoms with Crippen molar-refractivity contribution < 1.29 is 9.53 Å². The highest BCUT2D eigenvalue weighted by Crippen LogP contribution is 2.31. The molecule has 2 heterocycles. The lowest BCUT2D eigenvalue weighted by atomic mass is 10.1. The maximum Gasteiger partial charge on any atom is 0.252 e. The first-order valence-corrected chi connectivity index (χ1v) is 6.86. The van der Waals surface area contributed by atoms with Crippen molar-refractivity contribution >= 4 is 11.7 Å². The number of ether oxygens (including phenoxy) is 1. The molecule has 108 valence electrons. The lowest BCUT2D eigenvalue weighted by Gasteiger charge is -2.12. The number of amides is 1. The van der Waals surface area contributed by atoms with Gasteiger partial charge in [-0.25, -0.2) is 4.98 Å². The number of anilines is 1. The molecule has 5 nitrogen and oxygen atoms in total. The molecule has 0 bridgehead atoms. The molecule has 1 aliphatic rings. The van der Waals surface area contributed by atoms with Crippen molar-refractivity contribution in [2.75, 3.05) is 19.0 Å². The molecule has 1 amide bonds. The van der Waals surface area contributed by atoms with Crippen LogP contribution >= 0.6 is 0 Å².